The molecule has 0 fully saturated rings. The van der Waals surface area contributed by atoms with Crippen LogP contribution in [-0.4, -0.2) is 6.03 Å². The SMILES string of the molecule is Cc1ccc(C)c([C@H](C)NC(=O)Nc2ccccc2C)c1. The van der Waals surface area contributed by atoms with Crippen molar-refractivity contribution >= 4 is 11.7 Å². The Hall–Kier alpha value is -2.29. The zero-order valence-corrected chi connectivity index (χ0v) is 13.0. The van der Waals surface area contributed by atoms with Crippen LogP contribution < -0.4 is 10.6 Å². The van der Waals surface area contributed by atoms with Gasteiger partial charge in [0.1, 0.15) is 0 Å². The van der Waals surface area contributed by atoms with E-state index < -0.39 is 0 Å². The number of nitrogens with one attached hydrogen (secondary N) is 2. The zero-order valence-electron chi connectivity index (χ0n) is 13.0. The van der Waals surface area contributed by atoms with Gasteiger partial charge in [0.15, 0.2) is 0 Å². The lowest BCUT2D eigenvalue weighted by Crippen LogP contribution is -2.31. The Morgan fingerprint density at radius 3 is 2.43 bits per heavy atom. The summed E-state index contributed by atoms with van der Waals surface area (Å²) in [7, 11) is 0. The van der Waals surface area contributed by atoms with Crippen LogP contribution in [0.3, 0.4) is 0 Å². The number of rotatable bonds is 3. The summed E-state index contributed by atoms with van der Waals surface area (Å²) in [5.41, 5.74) is 5.41. The van der Waals surface area contributed by atoms with Gasteiger partial charge in [-0.25, -0.2) is 4.79 Å². The molecule has 2 aromatic rings. The molecule has 0 unspecified atom stereocenters. The van der Waals surface area contributed by atoms with Crippen LogP contribution in [0.1, 0.15) is 35.2 Å². The summed E-state index contributed by atoms with van der Waals surface area (Å²) in [5, 5.41) is 5.88. The minimum atomic E-state index is -0.183. The maximum absolute atomic E-state index is 12.1. The van der Waals surface area contributed by atoms with Gasteiger partial charge in [-0.2, -0.15) is 0 Å². The Kier molecular flexibility index (Phi) is 4.63. The smallest absolute Gasteiger partial charge is 0.319 e. The van der Waals surface area contributed by atoms with Gasteiger partial charge in [0.05, 0.1) is 6.04 Å². The van der Waals surface area contributed by atoms with E-state index in [4.69, 9.17) is 0 Å². The van der Waals surface area contributed by atoms with Crippen molar-refractivity contribution in [3.05, 3.63) is 64.7 Å². The van der Waals surface area contributed by atoms with Gasteiger partial charge in [-0.15, -0.1) is 0 Å². The van der Waals surface area contributed by atoms with Crippen LogP contribution in [0.5, 0.6) is 0 Å². The molecule has 0 bridgehead atoms. The highest BCUT2D eigenvalue weighted by molar-refractivity contribution is 5.90. The lowest BCUT2D eigenvalue weighted by atomic mass is 10.0. The molecule has 2 aromatic carbocycles. The molecular formula is C18H22N2O. The lowest BCUT2D eigenvalue weighted by Gasteiger charge is -2.18. The maximum Gasteiger partial charge on any atom is 0.319 e. The van der Waals surface area contributed by atoms with Gasteiger partial charge in [-0.1, -0.05) is 42.0 Å². The van der Waals surface area contributed by atoms with E-state index in [1.54, 1.807) is 0 Å². The van der Waals surface area contributed by atoms with E-state index in [0.717, 1.165) is 16.8 Å². The number of carbonyl (C=O) groups excluding carboxylic acids is 1. The molecule has 21 heavy (non-hydrogen) atoms. The Morgan fingerprint density at radius 1 is 1.00 bits per heavy atom. The van der Waals surface area contributed by atoms with E-state index in [1.807, 2.05) is 38.1 Å². The van der Waals surface area contributed by atoms with Crippen LogP contribution in [0.2, 0.25) is 0 Å². The molecule has 2 rings (SSSR count). The molecule has 0 aromatic heterocycles. The fourth-order valence-corrected chi connectivity index (χ4v) is 2.37. The number of hydrogen-bond donors (Lipinski definition) is 2. The van der Waals surface area contributed by atoms with Crippen molar-refractivity contribution in [2.45, 2.75) is 33.7 Å². The van der Waals surface area contributed by atoms with Crippen molar-refractivity contribution < 1.29 is 4.79 Å². The third-order valence-corrected chi connectivity index (χ3v) is 3.64. The van der Waals surface area contributed by atoms with E-state index >= 15 is 0 Å². The second-order valence-electron chi connectivity index (χ2n) is 5.50. The van der Waals surface area contributed by atoms with Gasteiger partial charge in [0, 0.05) is 5.69 Å². The summed E-state index contributed by atoms with van der Waals surface area (Å²) in [6, 6.07) is 13.8. The standard InChI is InChI=1S/C18H22N2O/c1-12-9-10-13(2)16(11-12)15(4)19-18(21)20-17-8-6-5-7-14(17)3/h5-11,15H,1-4H3,(H2,19,20,21)/t15-/m0/s1. The Balaban J connectivity index is 2.06. The van der Waals surface area contributed by atoms with Crippen LogP contribution in [0.4, 0.5) is 10.5 Å². The number of anilines is 1. The van der Waals surface area contributed by atoms with Crippen molar-refractivity contribution in [3.8, 4) is 0 Å². The van der Waals surface area contributed by atoms with Gasteiger partial charge >= 0.3 is 6.03 Å². The molecule has 3 nitrogen and oxygen atoms in total. The fraction of sp³-hybridized carbons (Fsp3) is 0.278. The first-order valence-electron chi connectivity index (χ1n) is 7.17. The first kappa shape index (κ1) is 15.1. The normalized spacial score (nSPS) is 11.8. The van der Waals surface area contributed by atoms with Gasteiger partial charge in [0.2, 0.25) is 0 Å². The van der Waals surface area contributed by atoms with Crippen LogP contribution in [0.15, 0.2) is 42.5 Å². The summed E-state index contributed by atoms with van der Waals surface area (Å²) < 4.78 is 0. The molecular weight excluding hydrogens is 260 g/mol. The summed E-state index contributed by atoms with van der Waals surface area (Å²) in [4.78, 5) is 12.1. The predicted octanol–water partition coefficient (Wildman–Crippen LogP) is 4.49. The highest BCUT2D eigenvalue weighted by Gasteiger charge is 2.12. The molecule has 0 aliphatic carbocycles. The molecule has 2 N–H and O–H groups in total. The van der Waals surface area contributed by atoms with Gasteiger partial charge in [0.25, 0.3) is 0 Å². The molecule has 110 valence electrons. The lowest BCUT2D eigenvalue weighted by molar-refractivity contribution is 0.249. The van der Waals surface area contributed by atoms with Crippen molar-refractivity contribution in [2.24, 2.45) is 0 Å². The predicted molar refractivity (Wildman–Crippen MR) is 87.7 cm³/mol. The zero-order chi connectivity index (χ0) is 15.4. The molecule has 1 atom stereocenters. The molecule has 0 aliphatic heterocycles. The Labute approximate surface area is 126 Å². The molecule has 0 saturated heterocycles. The number of para-hydroxylation sites is 1. The topological polar surface area (TPSA) is 41.1 Å². The van der Waals surface area contributed by atoms with E-state index in [1.165, 1.54) is 11.1 Å². The van der Waals surface area contributed by atoms with Crippen molar-refractivity contribution in [1.82, 2.24) is 5.32 Å². The summed E-state index contributed by atoms with van der Waals surface area (Å²) >= 11 is 0. The van der Waals surface area contributed by atoms with E-state index in [0.29, 0.717) is 0 Å². The minimum absolute atomic E-state index is 0.0334. The van der Waals surface area contributed by atoms with Crippen molar-refractivity contribution in [2.75, 3.05) is 5.32 Å². The number of benzene rings is 2. The van der Waals surface area contributed by atoms with Crippen LogP contribution in [0.25, 0.3) is 0 Å². The largest absolute Gasteiger partial charge is 0.331 e. The average Bonchev–Trinajstić information content (AvgIpc) is 2.44. The van der Waals surface area contributed by atoms with E-state index in [-0.39, 0.29) is 12.1 Å². The molecule has 0 saturated carbocycles. The third-order valence-electron chi connectivity index (χ3n) is 3.64. The van der Waals surface area contributed by atoms with E-state index in [2.05, 4.69) is 42.7 Å². The summed E-state index contributed by atoms with van der Waals surface area (Å²) in [6.07, 6.45) is 0. The second kappa shape index (κ2) is 6.44. The third kappa shape index (κ3) is 3.85. The molecule has 0 spiro atoms. The highest BCUT2D eigenvalue weighted by Crippen LogP contribution is 2.19. The minimum Gasteiger partial charge on any atom is -0.331 e. The van der Waals surface area contributed by atoms with Crippen LogP contribution in [0, 0.1) is 20.8 Å². The molecule has 2 amide bonds. The molecule has 0 heterocycles. The summed E-state index contributed by atoms with van der Waals surface area (Å²) in [5.74, 6) is 0. The number of hydrogen-bond acceptors (Lipinski definition) is 1. The Morgan fingerprint density at radius 2 is 1.71 bits per heavy atom. The van der Waals surface area contributed by atoms with Gasteiger partial charge in [-0.3, -0.25) is 0 Å². The van der Waals surface area contributed by atoms with Crippen LogP contribution in [-0.2, 0) is 0 Å². The molecule has 0 aliphatic rings. The number of carbonyl (C=O) groups is 1. The van der Waals surface area contributed by atoms with Crippen molar-refractivity contribution in [1.29, 1.82) is 0 Å². The first-order chi connectivity index (χ1) is 9.97. The monoisotopic (exact) mass is 282 g/mol. The summed E-state index contributed by atoms with van der Waals surface area (Å²) in [6.45, 7) is 8.10. The number of urea groups is 1. The fourth-order valence-electron chi connectivity index (χ4n) is 2.37. The maximum atomic E-state index is 12.1. The second-order valence-corrected chi connectivity index (χ2v) is 5.50. The molecule has 3 heteroatoms. The Bertz CT molecular complexity index is 649. The first-order valence-corrected chi connectivity index (χ1v) is 7.17. The highest BCUT2D eigenvalue weighted by atomic mass is 16.2. The van der Waals surface area contributed by atoms with Crippen LogP contribution >= 0.6 is 0 Å². The van der Waals surface area contributed by atoms with Gasteiger partial charge < -0.3 is 10.6 Å². The van der Waals surface area contributed by atoms with Gasteiger partial charge in [-0.05, 0) is 50.5 Å². The van der Waals surface area contributed by atoms with E-state index in [9.17, 15) is 4.79 Å². The quantitative estimate of drug-likeness (QED) is 0.855. The average molecular weight is 282 g/mol. The number of amides is 2. The molecule has 0 radical (unpaired) electrons. The van der Waals surface area contributed by atoms with Crippen molar-refractivity contribution in [3.63, 3.8) is 0 Å². The number of aryl methyl sites for hydroxylation is 3.